The Balaban J connectivity index is 1.86. The van der Waals surface area contributed by atoms with Crippen molar-refractivity contribution in [3.05, 3.63) is 35.4 Å². The molecule has 1 aromatic carbocycles. The second-order valence-corrected chi connectivity index (χ2v) is 5.79. The zero-order valence-corrected chi connectivity index (χ0v) is 11.7. The van der Waals surface area contributed by atoms with Gasteiger partial charge in [-0.05, 0) is 42.9 Å². The Morgan fingerprint density at radius 3 is 2.63 bits per heavy atom. The minimum absolute atomic E-state index is 0.106. The number of carbonyl (C=O) groups excluding carboxylic acids is 1. The Morgan fingerprint density at radius 2 is 2.00 bits per heavy atom. The molecule has 1 aromatic rings. The maximum Gasteiger partial charge on any atom is 0.224 e. The van der Waals surface area contributed by atoms with Crippen LogP contribution in [0.4, 0.5) is 0 Å². The van der Waals surface area contributed by atoms with E-state index in [-0.39, 0.29) is 11.3 Å². The van der Waals surface area contributed by atoms with Crippen LogP contribution in [0.1, 0.15) is 36.8 Å². The fourth-order valence-corrected chi connectivity index (χ4v) is 2.91. The van der Waals surface area contributed by atoms with Crippen molar-refractivity contribution in [2.75, 3.05) is 13.1 Å². The summed E-state index contributed by atoms with van der Waals surface area (Å²) in [6.45, 7) is 3.45. The standard InChI is InChI=1S/C16H24N2O/c1-13-6-2-3-7-14(13)10-15(19)18-12-16(11-17)8-4-5-9-16/h2-3,6-7H,4-5,8-12,17H2,1H3,(H,18,19). The Bertz CT molecular complexity index is 436. The van der Waals surface area contributed by atoms with Crippen LogP contribution in [0.25, 0.3) is 0 Å². The molecule has 0 aromatic heterocycles. The van der Waals surface area contributed by atoms with Crippen molar-refractivity contribution < 1.29 is 4.79 Å². The Kier molecular flexibility index (Phi) is 4.59. The van der Waals surface area contributed by atoms with Crippen molar-refractivity contribution in [2.45, 2.75) is 39.0 Å². The van der Waals surface area contributed by atoms with Crippen LogP contribution in [0.5, 0.6) is 0 Å². The van der Waals surface area contributed by atoms with Gasteiger partial charge in [0.1, 0.15) is 0 Å². The van der Waals surface area contributed by atoms with Crippen LogP contribution in [0.2, 0.25) is 0 Å². The number of nitrogens with two attached hydrogens (primary N) is 1. The monoisotopic (exact) mass is 260 g/mol. The molecule has 1 aliphatic rings. The maximum absolute atomic E-state index is 12.0. The summed E-state index contributed by atoms with van der Waals surface area (Å²) in [7, 11) is 0. The van der Waals surface area contributed by atoms with Crippen LogP contribution in [0.3, 0.4) is 0 Å². The second kappa shape index (κ2) is 6.20. The summed E-state index contributed by atoms with van der Waals surface area (Å²) < 4.78 is 0. The molecule has 0 aliphatic heterocycles. The molecule has 0 radical (unpaired) electrons. The summed E-state index contributed by atoms with van der Waals surface area (Å²) in [5.74, 6) is 0.106. The van der Waals surface area contributed by atoms with E-state index in [9.17, 15) is 4.79 Å². The SMILES string of the molecule is Cc1ccccc1CC(=O)NCC1(CN)CCCC1. The third kappa shape index (κ3) is 3.57. The van der Waals surface area contributed by atoms with Crippen molar-refractivity contribution in [1.82, 2.24) is 5.32 Å². The van der Waals surface area contributed by atoms with E-state index in [0.29, 0.717) is 13.0 Å². The van der Waals surface area contributed by atoms with Gasteiger partial charge in [0.2, 0.25) is 5.91 Å². The first-order valence-corrected chi connectivity index (χ1v) is 7.16. The number of aryl methyl sites for hydroxylation is 1. The molecule has 1 amide bonds. The lowest BCUT2D eigenvalue weighted by molar-refractivity contribution is -0.120. The third-order valence-corrected chi connectivity index (χ3v) is 4.37. The van der Waals surface area contributed by atoms with E-state index in [2.05, 4.69) is 5.32 Å². The number of amides is 1. The summed E-state index contributed by atoms with van der Waals surface area (Å²) in [6.07, 6.45) is 5.24. The summed E-state index contributed by atoms with van der Waals surface area (Å²) in [4.78, 5) is 12.0. The number of hydrogen-bond donors (Lipinski definition) is 2. The molecule has 3 N–H and O–H groups in total. The minimum Gasteiger partial charge on any atom is -0.355 e. The number of rotatable bonds is 5. The predicted octanol–water partition coefficient (Wildman–Crippen LogP) is 2.17. The summed E-state index contributed by atoms with van der Waals surface area (Å²) in [5.41, 5.74) is 8.31. The normalized spacial score (nSPS) is 17.4. The molecule has 3 nitrogen and oxygen atoms in total. The van der Waals surface area contributed by atoms with Gasteiger partial charge in [-0.3, -0.25) is 4.79 Å². The van der Waals surface area contributed by atoms with Crippen molar-refractivity contribution in [1.29, 1.82) is 0 Å². The molecule has 1 aliphatic carbocycles. The largest absolute Gasteiger partial charge is 0.355 e. The van der Waals surface area contributed by atoms with Crippen molar-refractivity contribution in [2.24, 2.45) is 11.1 Å². The van der Waals surface area contributed by atoms with Gasteiger partial charge in [0.25, 0.3) is 0 Å². The first-order valence-electron chi connectivity index (χ1n) is 7.16. The van der Waals surface area contributed by atoms with Gasteiger partial charge in [0, 0.05) is 6.54 Å². The molecular formula is C16H24N2O. The Morgan fingerprint density at radius 1 is 1.32 bits per heavy atom. The zero-order chi connectivity index (χ0) is 13.7. The summed E-state index contributed by atoms with van der Waals surface area (Å²) >= 11 is 0. The van der Waals surface area contributed by atoms with Gasteiger partial charge in [-0.15, -0.1) is 0 Å². The van der Waals surface area contributed by atoms with Crippen LogP contribution in [-0.4, -0.2) is 19.0 Å². The highest BCUT2D eigenvalue weighted by molar-refractivity contribution is 5.78. The van der Waals surface area contributed by atoms with Gasteiger partial charge in [0.05, 0.1) is 6.42 Å². The molecule has 0 bridgehead atoms. The Labute approximate surface area is 115 Å². The molecule has 0 heterocycles. The molecular weight excluding hydrogens is 236 g/mol. The van der Waals surface area contributed by atoms with Gasteiger partial charge in [-0.25, -0.2) is 0 Å². The molecule has 0 spiro atoms. The molecule has 1 fully saturated rings. The first kappa shape index (κ1) is 14.1. The van der Waals surface area contributed by atoms with Crippen LogP contribution in [0.15, 0.2) is 24.3 Å². The predicted molar refractivity (Wildman–Crippen MR) is 77.8 cm³/mol. The topological polar surface area (TPSA) is 55.1 Å². The van der Waals surface area contributed by atoms with Crippen LogP contribution < -0.4 is 11.1 Å². The number of carbonyl (C=O) groups is 1. The van der Waals surface area contributed by atoms with Crippen molar-refractivity contribution >= 4 is 5.91 Å². The fourth-order valence-electron chi connectivity index (χ4n) is 2.91. The number of nitrogens with one attached hydrogen (secondary N) is 1. The third-order valence-electron chi connectivity index (χ3n) is 4.37. The van der Waals surface area contributed by atoms with Crippen molar-refractivity contribution in [3.63, 3.8) is 0 Å². The van der Waals surface area contributed by atoms with Crippen LogP contribution in [0, 0.1) is 12.3 Å². The molecule has 104 valence electrons. The van der Waals surface area contributed by atoms with Crippen LogP contribution in [-0.2, 0) is 11.2 Å². The molecule has 0 saturated heterocycles. The van der Waals surface area contributed by atoms with E-state index in [4.69, 9.17) is 5.73 Å². The molecule has 0 atom stereocenters. The lowest BCUT2D eigenvalue weighted by atomic mass is 9.86. The minimum atomic E-state index is 0.106. The summed E-state index contributed by atoms with van der Waals surface area (Å²) in [6, 6.07) is 8.04. The zero-order valence-electron chi connectivity index (χ0n) is 11.7. The molecule has 1 saturated carbocycles. The smallest absolute Gasteiger partial charge is 0.224 e. The highest BCUT2D eigenvalue weighted by atomic mass is 16.1. The van der Waals surface area contributed by atoms with E-state index in [0.717, 1.165) is 24.9 Å². The quantitative estimate of drug-likeness (QED) is 0.852. The van der Waals surface area contributed by atoms with Crippen molar-refractivity contribution in [3.8, 4) is 0 Å². The van der Waals surface area contributed by atoms with Gasteiger partial charge in [0.15, 0.2) is 0 Å². The van der Waals surface area contributed by atoms with E-state index >= 15 is 0 Å². The molecule has 0 unspecified atom stereocenters. The van der Waals surface area contributed by atoms with E-state index in [1.165, 1.54) is 18.4 Å². The lowest BCUT2D eigenvalue weighted by Crippen LogP contribution is -2.41. The first-order chi connectivity index (χ1) is 9.15. The fraction of sp³-hybridized carbons (Fsp3) is 0.562. The number of hydrogen-bond acceptors (Lipinski definition) is 2. The molecule has 2 rings (SSSR count). The average Bonchev–Trinajstić information content (AvgIpc) is 2.89. The van der Waals surface area contributed by atoms with Crippen LogP contribution >= 0.6 is 0 Å². The molecule has 19 heavy (non-hydrogen) atoms. The second-order valence-electron chi connectivity index (χ2n) is 5.79. The molecule has 3 heteroatoms. The van der Waals surface area contributed by atoms with Gasteiger partial charge in [-0.2, -0.15) is 0 Å². The lowest BCUT2D eigenvalue weighted by Gasteiger charge is -2.27. The number of benzene rings is 1. The van der Waals surface area contributed by atoms with Gasteiger partial charge < -0.3 is 11.1 Å². The average molecular weight is 260 g/mol. The highest BCUT2D eigenvalue weighted by Gasteiger charge is 2.32. The Hall–Kier alpha value is -1.35. The van der Waals surface area contributed by atoms with Gasteiger partial charge >= 0.3 is 0 Å². The summed E-state index contributed by atoms with van der Waals surface area (Å²) in [5, 5.41) is 3.07. The van der Waals surface area contributed by atoms with E-state index in [1.54, 1.807) is 0 Å². The van der Waals surface area contributed by atoms with E-state index in [1.807, 2.05) is 31.2 Å². The highest BCUT2D eigenvalue weighted by Crippen LogP contribution is 2.36. The van der Waals surface area contributed by atoms with E-state index < -0.39 is 0 Å². The maximum atomic E-state index is 12.0. The van der Waals surface area contributed by atoms with Gasteiger partial charge in [-0.1, -0.05) is 37.1 Å².